The summed E-state index contributed by atoms with van der Waals surface area (Å²) >= 11 is 5.14. The van der Waals surface area contributed by atoms with Crippen LogP contribution in [0.5, 0.6) is 0 Å². The maximum Gasteiger partial charge on any atom is 0.269 e. The fourth-order valence-corrected chi connectivity index (χ4v) is 2.71. The first-order valence-electron chi connectivity index (χ1n) is 8.61. The number of amides is 2. The van der Waals surface area contributed by atoms with Gasteiger partial charge in [0.15, 0.2) is 5.11 Å². The van der Waals surface area contributed by atoms with Crippen LogP contribution in [-0.2, 0) is 0 Å². The van der Waals surface area contributed by atoms with Gasteiger partial charge in [-0.3, -0.25) is 25.0 Å². The topological polar surface area (TPSA) is 105 Å². The summed E-state index contributed by atoms with van der Waals surface area (Å²) in [6, 6.07) is 12.0. The summed E-state index contributed by atoms with van der Waals surface area (Å²) in [5, 5.41) is 16.1. The maximum absolute atomic E-state index is 12.4. The number of rotatable bonds is 6. The molecule has 8 nitrogen and oxygen atoms in total. The standard InChI is InChI=1S/C19H20N4O4S/c1-3-22(4-2)18(25)14-6-5-7-15(12-14)20-19(28)21-17(24)13-8-10-16(11-9-13)23(26)27/h5-12H,3-4H2,1-2H3,(H2,20,21,24,28). The first-order valence-corrected chi connectivity index (χ1v) is 9.02. The third-order valence-corrected chi connectivity index (χ3v) is 4.19. The molecule has 0 saturated heterocycles. The molecule has 0 radical (unpaired) electrons. The van der Waals surface area contributed by atoms with Crippen molar-refractivity contribution in [2.75, 3.05) is 18.4 Å². The van der Waals surface area contributed by atoms with Gasteiger partial charge in [0.1, 0.15) is 0 Å². The van der Waals surface area contributed by atoms with Gasteiger partial charge in [-0.2, -0.15) is 0 Å². The van der Waals surface area contributed by atoms with Gasteiger partial charge >= 0.3 is 0 Å². The summed E-state index contributed by atoms with van der Waals surface area (Å²) in [6.45, 7) is 5.03. The Kier molecular flexibility index (Phi) is 7.16. The van der Waals surface area contributed by atoms with Gasteiger partial charge in [-0.25, -0.2) is 0 Å². The SMILES string of the molecule is CCN(CC)C(=O)c1cccc(NC(=S)NC(=O)c2ccc([N+](=O)[O-])cc2)c1. The Balaban J connectivity index is 2.02. The predicted molar refractivity (Wildman–Crippen MR) is 110 cm³/mol. The van der Waals surface area contributed by atoms with Crippen LogP contribution in [0.15, 0.2) is 48.5 Å². The molecule has 0 aliphatic rings. The van der Waals surface area contributed by atoms with E-state index in [2.05, 4.69) is 10.6 Å². The van der Waals surface area contributed by atoms with Crippen molar-refractivity contribution in [3.8, 4) is 0 Å². The molecule has 0 saturated carbocycles. The molecule has 0 fully saturated rings. The second kappa shape index (κ2) is 9.56. The number of carbonyl (C=O) groups is 2. The molecule has 0 aliphatic carbocycles. The number of anilines is 1. The van der Waals surface area contributed by atoms with E-state index in [1.807, 2.05) is 13.8 Å². The normalized spacial score (nSPS) is 10.1. The summed E-state index contributed by atoms with van der Waals surface area (Å²) in [6.07, 6.45) is 0. The minimum Gasteiger partial charge on any atom is -0.339 e. The van der Waals surface area contributed by atoms with Gasteiger partial charge in [0.25, 0.3) is 17.5 Å². The molecule has 28 heavy (non-hydrogen) atoms. The van der Waals surface area contributed by atoms with E-state index in [1.54, 1.807) is 29.2 Å². The molecule has 9 heteroatoms. The van der Waals surface area contributed by atoms with Crippen LogP contribution in [-0.4, -0.2) is 39.8 Å². The number of hydrogen-bond donors (Lipinski definition) is 2. The van der Waals surface area contributed by atoms with Gasteiger partial charge in [0.2, 0.25) is 0 Å². The highest BCUT2D eigenvalue weighted by atomic mass is 32.1. The lowest BCUT2D eigenvalue weighted by atomic mass is 10.1. The van der Waals surface area contributed by atoms with Crippen molar-refractivity contribution in [3.05, 3.63) is 69.8 Å². The number of nitrogens with one attached hydrogen (secondary N) is 2. The van der Waals surface area contributed by atoms with Crippen molar-refractivity contribution in [3.63, 3.8) is 0 Å². The molecular formula is C19H20N4O4S. The van der Waals surface area contributed by atoms with Crippen molar-refractivity contribution in [2.45, 2.75) is 13.8 Å². The van der Waals surface area contributed by atoms with Gasteiger partial charge < -0.3 is 10.2 Å². The van der Waals surface area contributed by atoms with E-state index < -0.39 is 10.8 Å². The Morgan fingerprint density at radius 1 is 1.07 bits per heavy atom. The molecule has 0 atom stereocenters. The van der Waals surface area contributed by atoms with E-state index in [9.17, 15) is 19.7 Å². The van der Waals surface area contributed by atoms with E-state index in [0.29, 0.717) is 24.3 Å². The highest BCUT2D eigenvalue weighted by molar-refractivity contribution is 7.80. The van der Waals surface area contributed by atoms with Crippen molar-refractivity contribution in [1.82, 2.24) is 10.2 Å². The minimum atomic E-state index is -0.541. The third kappa shape index (κ3) is 5.34. The van der Waals surface area contributed by atoms with Crippen LogP contribution in [0.3, 0.4) is 0 Å². The molecule has 0 spiro atoms. The Morgan fingerprint density at radius 3 is 2.29 bits per heavy atom. The van der Waals surface area contributed by atoms with Gasteiger partial charge in [-0.05, 0) is 56.4 Å². The number of nitro groups is 1. The number of nitrogens with zero attached hydrogens (tertiary/aromatic N) is 2. The van der Waals surface area contributed by atoms with Crippen LogP contribution in [0.25, 0.3) is 0 Å². The van der Waals surface area contributed by atoms with E-state index >= 15 is 0 Å². The lowest BCUT2D eigenvalue weighted by molar-refractivity contribution is -0.384. The molecule has 0 aromatic heterocycles. The maximum atomic E-state index is 12.4. The Bertz CT molecular complexity index is 895. The highest BCUT2D eigenvalue weighted by Crippen LogP contribution is 2.14. The quantitative estimate of drug-likeness (QED) is 0.438. The van der Waals surface area contributed by atoms with E-state index in [0.717, 1.165) is 0 Å². The van der Waals surface area contributed by atoms with Crippen LogP contribution in [0.4, 0.5) is 11.4 Å². The summed E-state index contributed by atoms with van der Waals surface area (Å²) in [4.78, 5) is 36.5. The summed E-state index contributed by atoms with van der Waals surface area (Å²) in [5.41, 5.74) is 1.21. The Labute approximate surface area is 167 Å². The number of thiocarbonyl (C=S) groups is 1. The minimum absolute atomic E-state index is 0.0517. The summed E-state index contributed by atoms with van der Waals surface area (Å²) < 4.78 is 0. The molecule has 0 aliphatic heterocycles. The molecule has 0 heterocycles. The highest BCUT2D eigenvalue weighted by Gasteiger charge is 2.14. The lowest BCUT2D eigenvalue weighted by Gasteiger charge is -2.19. The van der Waals surface area contributed by atoms with Crippen LogP contribution >= 0.6 is 12.2 Å². The van der Waals surface area contributed by atoms with E-state index in [1.165, 1.54) is 24.3 Å². The number of hydrogen-bond acceptors (Lipinski definition) is 5. The number of nitro benzene ring substituents is 1. The third-order valence-electron chi connectivity index (χ3n) is 3.99. The number of carbonyl (C=O) groups excluding carboxylic acids is 2. The lowest BCUT2D eigenvalue weighted by Crippen LogP contribution is -2.34. The fourth-order valence-electron chi connectivity index (χ4n) is 2.50. The van der Waals surface area contributed by atoms with Crippen LogP contribution in [0, 0.1) is 10.1 Å². The molecule has 2 aromatic rings. The zero-order valence-electron chi connectivity index (χ0n) is 15.5. The average Bonchev–Trinajstić information content (AvgIpc) is 2.69. The molecule has 0 bridgehead atoms. The van der Waals surface area contributed by atoms with Crippen LogP contribution in [0.2, 0.25) is 0 Å². The molecule has 0 unspecified atom stereocenters. The largest absolute Gasteiger partial charge is 0.339 e. The molecule has 2 aromatic carbocycles. The van der Waals surface area contributed by atoms with Gasteiger partial charge in [-0.15, -0.1) is 0 Å². The number of benzene rings is 2. The Morgan fingerprint density at radius 2 is 1.71 bits per heavy atom. The molecule has 146 valence electrons. The van der Waals surface area contributed by atoms with Gasteiger partial charge in [0, 0.05) is 42.0 Å². The van der Waals surface area contributed by atoms with Crippen LogP contribution in [0.1, 0.15) is 34.6 Å². The first kappa shape index (κ1) is 21.0. The second-order valence-corrected chi connectivity index (χ2v) is 6.18. The van der Waals surface area contributed by atoms with Crippen LogP contribution < -0.4 is 10.6 Å². The van der Waals surface area contributed by atoms with Crippen molar-refractivity contribution < 1.29 is 14.5 Å². The summed E-state index contributed by atoms with van der Waals surface area (Å²) in [7, 11) is 0. The number of non-ortho nitro benzene ring substituents is 1. The average molecular weight is 400 g/mol. The zero-order valence-corrected chi connectivity index (χ0v) is 16.3. The smallest absolute Gasteiger partial charge is 0.269 e. The second-order valence-electron chi connectivity index (χ2n) is 5.77. The first-order chi connectivity index (χ1) is 13.3. The zero-order chi connectivity index (χ0) is 20.7. The predicted octanol–water partition coefficient (Wildman–Crippen LogP) is 3.20. The molecule has 2 amide bonds. The molecule has 2 rings (SSSR count). The molecular weight excluding hydrogens is 380 g/mol. The van der Waals surface area contributed by atoms with Crippen molar-refractivity contribution in [1.29, 1.82) is 0 Å². The van der Waals surface area contributed by atoms with E-state index in [4.69, 9.17) is 12.2 Å². The monoisotopic (exact) mass is 400 g/mol. The Hall–Kier alpha value is -3.33. The summed E-state index contributed by atoms with van der Waals surface area (Å²) in [5.74, 6) is -0.586. The van der Waals surface area contributed by atoms with Gasteiger partial charge in [0.05, 0.1) is 4.92 Å². The van der Waals surface area contributed by atoms with E-state index in [-0.39, 0.29) is 22.3 Å². The van der Waals surface area contributed by atoms with Gasteiger partial charge in [-0.1, -0.05) is 6.07 Å². The molecule has 2 N–H and O–H groups in total. The van der Waals surface area contributed by atoms with Crippen molar-refractivity contribution >= 4 is 40.5 Å². The van der Waals surface area contributed by atoms with Crippen molar-refractivity contribution in [2.24, 2.45) is 0 Å². The fraction of sp³-hybridized carbons (Fsp3) is 0.211.